The molecule has 0 radical (unpaired) electrons. The predicted octanol–water partition coefficient (Wildman–Crippen LogP) is 2.04. The Bertz CT molecular complexity index is 353. The Balaban J connectivity index is 2.60. The molecule has 0 atom stereocenters. The van der Waals surface area contributed by atoms with E-state index in [-0.39, 0.29) is 5.97 Å². The quantitative estimate of drug-likeness (QED) is 0.561. The summed E-state index contributed by atoms with van der Waals surface area (Å²) in [7, 11) is 0. The lowest BCUT2D eigenvalue weighted by Gasteiger charge is -2.02. The van der Waals surface area contributed by atoms with Gasteiger partial charge in [-0.2, -0.15) is 5.10 Å². The largest absolute Gasteiger partial charge is 0.463 e. The van der Waals surface area contributed by atoms with Crippen LogP contribution in [0.3, 0.4) is 0 Å². The maximum Gasteiger partial charge on any atom is 0.330 e. The first kappa shape index (κ1) is 11.5. The van der Waals surface area contributed by atoms with Crippen molar-refractivity contribution < 1.29 is 9.53 Å². The zero-order chi connectivity index (χ0) is 11.3. The molecule has 0 aliphatic heterocycles. The number of ether oxygens (including phenoxy) is 1. The third-order valence-electron chi connectivity index (χ3n) is 1.85. The summed E-state index contributed by atoms with van der Waals surface area (Å²) in [6, 6.07) is 0.328. The van der Waals surface area contributed by atoms with Gasteiger partial charge in [0.1, 0.15) is 0 Å². The van der Waals surface area contributed by atoms with E-state index in [9.17, 15) is 4.79 Å². The molecule has 15 heavy (non-hydrogen) atoms. The van der Waals surface area contributed by atoms with Crippen LogP contribution in [0.25, 0.3) is 6.08 Å². The van der Waals surface area contributed by atoms with E-state index in [2.05, 4.69) is 5.10 Å². The van der Waals surface area contributed by atoms with Crippen molar-refractivity contribution in [1.82, 2.24) is 9.78 Å². The van der Waals surface area contributed by atoms with Crippen molar-refractivity contribution in [2.45, 2.75) is 26.8 Å². The highest BCUT2D eigenvalue weighted by Crippen LogP contribution is 2.06. The maximum atomic E-state index is 11.0. The molecule has 0 saturated heterocycles. The van der Waals surface area contributed by atoms with Crippen LogP contribution in [0.15, 0.2) is 18.5 Å². The average Bonchev–Trinajstić information content (AvgIpc) is 2.63. The van der Waals surface area contributed by atoms with Gasteiger partial charge < -0.3 is 4.74 Å². The molecule has 0 fully saturated rings. The van der Waals surface area contributed by atoms with E-state index in [0.717, 1.165) is 5.56 Å². The summed E-state index contributed by atoms with van der Waals surface area (Å²) >= 11 is 0. The number of hydrogen-bond acceptors (Lipinski definition) is 3. The van der Waals surface area contributed by atoms with Crippen molar-refractivity contribution in [1.29, 1.82) is 0 Å². The van der Waals surface area contributed by atoms with Crippen LogP contribution >= 0.6 is 0 Å². The first-order valence-corrected chi connectivity index (χ1v) is 5.02. The summed E-state index contributed by atoms with van der Waals surface area (Å²) in [6.45, 7) is 6.27. The first-order chi connectivity index (χ1) is 7.13. The van der Waals surface area contributed by atoms with E-state index in [1.807, 2.05) is 24.7 Å². The van der Waals surface area contributed by atoms with Gasteiger partial charge in [-0.3, -0.25) is 4.68 Å². The molecule has 0 bridgehead atoms. The zero-order valence-electron chi connectivity index (χ0n) is 9.30. The van der Waals surface area contributed by atoms with Gasteiger partial charge in [0.15, 0.2) is 0 Å². The van der Waals surface area contributed by atoms with Gasteiger partial charge in [-0.25, -0.2) is 4.79 Å². The molecule has 0 N–H and O–H groups in total. The van der Waals surface area contributed by atoms with Crippen LogP contribution < -0.4 is 0 Å². The lowest BCUT2D eigenvalue weighted by molar-refractivity contribution is -0.137. The Hall–Kier alpha value is -1.58. The number of carbonyl (C=O) groups is 1. The van der Waals surface area contributed by atoms with Crippen LogP contribution in [0.2, 0.25) is 0 Å². The molecule has 0 saturated carbocycles. The molecule has 0 aliphatic rings. The molecule has 1 aromatic rings. The lowest BCUT2D eigenvalue weighted by Crippen LogP contribution is -1.99. The van der Waals surface area contributed by atoms with Crippen molar-refractivity contribution in [2.75, 3.05) is 6.61 Å². The monoisotopic (exact) mass is 208 g/mol. The van der Waals surface area contributed by atoms with Crippen LogP contribution in [0.5, 0.6) is 0 Å². The molecule has 1 rings (SSSR count). The third-order valence-corrected chi connectivity index (χ3v) is 1.85. The van der Waals surface area contributed by atoms with E-state index in [1.165, 1.54) is 6.08 Å². The van der Waals surface area contributed by atoms with Gasteiger partial charge in [-0.15, -0.1) is 0 Å². The van der Waals surface area contributed by atoms with Gasteiger partial charge in [-0.05, 0) is 26.8 Å². The van der Waals surface area contributed by atoms with Gasteiger partial charge in [0.25, 0.3) is 0 Å². The van der Waals surface area contributed by atoms with Gasteiger partial charge in [0.05, 0.1) is 12.8 Å². The highest BCUT2D eigenvalue weighted by atomic mass is 16.5. The highest BCUT2D eigenvalue weighted by molar-refractivity contribution is 5.86. The smallest absolute Gasteiger partial charge is 0.330 e. The molecule has 4 heteroatoms. The molecule has 0 amide bonds. The predicted molar refractivity (Wildman–Crippen MR) is 58.3 cm³/mol. The Kier molecular flexibility index (Phi) is 4.09. The minimum atomic E-state index is -0.324. The number of carbonyl (C=O) groups excluding carboxylic acids is 1. The summed E-state index contributed by atoms with van der Waals surface area (Å²) in [6.07, 6.45) is 6.71. The SMILES string of the molecule is CCOC(=O)/C=C/c1cnn(C(C)C)c1. The minimum absolute atomic E-state index is 0.324. The Morgan fingerprint density at radius 3 is 2.93 bits per heavy atom. The molecular weight excluding hydrogens is 192 g/mol. The minimum Gasteiger partial charge on any atom is -0.463 e. The van der Waals surface area contributed by atoms with E-state index in [4.69, 9.17) is 4.74 Å². The van der Waals surface area contributed by atoms with Crippen LogP contribution in [0.1, 0.15) is 32.4 Å². The second-order valence-electron chi connectivity index (χ2n) is 3.43. The fourth-order valence-corrected chi connectivity index (χ4v) is 1.08. The van der Waals surface area contributed by atoms with E-state index in [1.54, 1.807) is 19.2 Å². The summed E-state index contributed by atoms with van der Waals surface area (Å²) in [5.41, 5.74) is 0.900. The molecule has 0 spiro atoms. The maximum absolute atomic E-state index is 11.0. The molecule has 1 aromatic heterocycles. The average molecular weight is 208 g/mol. The molecule has 0 unspecified atom stereocenters. The molecule has 0 aromatic carbocycles. The molecule has 82 valence electrons. The van der Waals surface area contributed by atoms with Crippen molar-refractivity contribution in [3.63, 3.8) is 0 Å². The number of hydrogen-bond donors (Lipinski definition) is 0. The van der Waals surface area contributed by atoms with Gasteiger partial charge in [0, 0.05) is 23.9 Å². The van der Waals surface area contributed by atoms with Crippen LogP contribution in [-0.4, -0.2) is 22.4 Å². The summed E-state index contributed by atoms with van der Waals surface area (Å²) in [4.78, 5) is 11.0. The van der Waals surface area contributed by atoms with E-state index in [0.29, 0.717) is 12.6 Å². The van der Waals surface area contributed by atoms with Gasteiger partial charge >= 0.3 is 5.97 Å². The summed E-state index contributed by atoms with van der Waals surface area (Å²) in [5.74, 6) is -0.324. The van der Waals surface area contributed by atoms with Crippen molar-refractivity contribution in [2.24, 2.45) is 0 Å². The Morgan fingerprint density at radius 1 is 1.67 bits per heavy atom. The highest BCUT2D eigenvalue weighted by Gasteiger charge is 1.99. The number of aromatic nitrogens is 2. The van der Waals surface area contributed by atoms with Crippen LogP contribution in [-0.2, 0) is 9.53 Å². The summed E-state index contributed by atoms with van der Waals surface area (Å²) < 4.78 is 6.60. The molecule has 1 heterocycles. The van der Waals surface area contributed by atoms with Crippen LogP contribution in [0.4, 0.5) is 0 Å². The number of rotatable bonds is 4. The van der Waals surface area contributed by atoms with Gasteiger partial charge in [0.2, 0.25) is 0 Å². The van der Waals surface area contributed by atoms with Crippen molar-refractivity contribution in [3.05, 3.63) is 24.0 Å². The van der Waals surface area contributed by atoms with Crippen molar-refractivity contribution >= 4 is 12.0 Å². The third kappa shape index (κ3) is 3.58. The second-order valence-corrected chi connectivity index (χ2v) is 3.43. The number of esters is 1. The van der Waals surface area contributed by atoms with Gasteiger partial charge in [-0.1, -0.05) is 0 Å². The number of nitrogens with zero attached hydrogens (tertiary/aromatic N) is 2. The first-order valence-electron chi connectivity index (χ1n) is 5.02. The zero-order valence-corrected chi connectivity index (χ0v) is 9.30. The fourth-order valence-electron chi connectivity index (χ4n) is 1.08. The van der Waals surface area contributed by atoms with Crippen LogP contribution in [0, 0.1) is 0 Å². The summed E-state index contributed by atoms with van der Waals surface area (Å²) in [5, 5.41) is 4.15. The normalized spacial score (nSPS) is 11.2. The Labute approximate surface area is 89.5 Å². The Morgan fingerprint density at radius 2 is 2.40 bits per heavy atom. The standard InChI is InChI=1S/C11H16N2O2/c1-4-15-11(14)6-5-10-7-12-13(8-10)9(2)3/h5-9H,4H2,1-3H3/b6-5+. The van der Waals surface area contributed by atoms with Crippen molar-refractivity contribution in [3.8, 4) is 0 Å². The second kappa shape index (κ2) is 5.34. The van der Waals surface area contributed by atoms with E-state index >= 15 is 0 Å². The van der Waals surface area contributed by atoms with E-state index < -0.39 is 0 Å². The molecular formula is C11H16N2O2. The molecule has 0 aliphatic carbocycles. The lowest BCUT2D eigenvalue weighted by atomic mass is 10.3. The fraction of sp³-hybridized carbons (Fsp3) is 0.455. The molecule has 4 nitrogen and oxygen atoms in total. The topological polar surface area (TPSA) is 44.1 Å².